The molecule has 8 nitrogen and oxygen atoms in total. The maximum atomic E-state index is 11.8. The fraction of sp³-hybridized carbons (Fsp3) is 0.158. The third-order valence-electron chi connectivity index (χ3n) is 3.33. The zero-order valence-electron chi connectivity index (χ0n) is 14.7. The van der Waals surface area contributed by atoms with E-state index in [9.17, 15) is 19.7 Å². The van der Waals surface area contributed by atoms with Gasteiger partial charge in [0.1, 0.15) is 12.4 Å². The molecule has 0 atom stereocenters. The minimum Gasteiger partial charge on any atom is -0.492 e. The SMILES string of the molecule is CC(=O)Nc1cccc(OCCNC(=O)C=Cc2cccc([N+](=O)[O-])c2)c1. The van der Waals surface area contributed by atoms with Gasteiger partial charge in [0, 0.05) is 36.9 Å². The van der Waals surface area contributed by atoms with Gasteiger partial charge in [0.2, 0.25) is 11.8 Å². The minimum atomic E-state index is -0.490. The van der Waals surface area contributed by atoms with Crippen molar-refractivity contribution in [1.29, 1.82) is 0 Å². The molecule has 0 aliphatic heterocycles. The van der Waals surface area contributed by atoms with E-state index < -0.39 is 4.92 Å². The second-order valence-electron chi connectivity index (χ2n) is 5.53. The molecule has 0 aliphatic rings. The molecule has 2 amide bonds. The molecule has 27 heavy (non-hydrogen) atoms. The molecule has 140 valence electrons. The lowest BCUT2D eigenvalue weighted by molar-refractivity contribution is -0.384. The monoisotopic (exact) mass is 369 g/mol. The van der Waals surface area contributed by atoms with Gasteiger partial charge in [-0.15, -0.1) is 0 Å². The quantitative estimate of drug-likeness (QED) is 0.322. The van der Waals surface area contributed by atoms with Crippen molar-refractivity contribution in [2.24, 2.45) is 0 Å². The summed E-state index contributed by atoms with van der Waals surface area (Å²) >= 11 is 0. The van der Waals surface area contributed by atoms with E-state index in [0.29, 0.717) is 17.0 Å². The van der Waals surface area contributed by atoms with Crippen molar-refractivity contribution in [2.45, 2.75) is 6.92 Å². The summed E-state index contributed by atoms with van der Waals surface area (Å²) in [6.07, 6.45) is 2.80. The molecular formula is C19H19N3O5. The average Bonchev–Trinajstić information content (AvgIpc) is 2.63. The Kier molecular flexibility index (Phi) is 7.07. The molecule has 0 fully saturated rings. The molecule has 2 aromatic carbocycles. The summed E-state index contributed by atoms with van der Waals surface area (Å²) < 4.78 is 5.52. The third kappa shape index (κ3) is 6.99. The van der Waals surface area contributed by atoms with Crippen LogP contribution in [0.25, 0.3) is 6.08 Å². The number of ether oxygens (including phenoxy) is 1. The molecule has 0 saturated carbocycles. The summed E-state index contributed by atoms with van der Waals surface area (Å²) in [5.41, 5.74) is 1.15. The standard InChI is InChI=1S/C19H19N3O5/c1-14(23)21-16-5-3-7-18(13-16)27-11-10-20-19(24)9-8-15-4-2-6-17(12-15)22(25)26/h2-9,12-13H,10-11H2,1H3,(H,20,24)(H,21,23). The van der Waals surface area contributed by atoms with E-state index in [1.807, 2.05) is 0 Å². The Morgan fingerprint density at radius 2 is 1.96 bits per heavy atom. The van der Waals surface area contributed by atoms with Gasteiger partial charge in [-0.2, -0.15) is 0 Å². The zero-order valence-corrected chi connectivity index (χ0v) is 14.7. The van der Waals surface area contributed by atoms with Gasteiger partial charge in [0.25, 0.3) is 5.69 Å². The fourth-order valence-corrected chi connectivity index (χ4v) is 2.18. The summed E-state index contributed by atoms with van der Waals surface area (Å²) in [6, 6.07) is 12.9. The zero-order chi connectivity index (χ0) is 19.6. The van der Waals surface area contributed by atoms with Crippen LogP contribution in [0.1, 0.15) is 12.5 Å². The lowest BCUT2D eigenvalue weighted by atomic mass is 10.2. The number of non-ortho nitro benzene ring substituents is 1. The lowest BCUT2D eigenvalue weighted by Gasteiger charge is -2.08. The highest BCUT2D eigenvalue weighted by molar-refractivity contribution is 5.91. The lowest BCUT2D eigenvalue weighted by Crippen LogP contribution is -2.26. The molecule has 0 aliphatic carbocycles. The third-order valence-corrected chi connectivity index (χ3v) is 3.33. The van der Waals surface area contributed by atoms with E-state index in [-0.39, 0.29) is 30.7 Å². The number of carbonyl (C=O) groups is 2. The normalized spacial score (nSPS) is 10.4. The van der Waals surface area contributed by atoms with Crippen LogP contribution in [0.5, 0.6) is 5.75 Å². The average molecular weight is 369 g/mol. The van der Waals surface area contributed by atoms with E-state index in [1.54, 1.807) is 36.4 Å². The maximum absolute atomic E-state index is 11.8. The Balaban J connectivity index is 1.77. The number of rotatable bonds is 8. The molecule has 0 bridgehead atoms. The number of nitrogens with zero attached hydrogens (tertiary/aromatic N) is 1. The van der Waals surface area contributed by atoms with Crippen LogP contribution in [0.3, 0.4) is 0 Å². The maximum Gasteiger partial charge on any atom is 0.270 e. The van der Waals surface area contributed by atoms with Gasteiger partial charge in [-0.1, -0.05) is 18.2 Å². The van der Waals surface area contributed by atoms with E-state index in [2.05, 4.69) is 10.6 Å². The first-order valence-corrected chi connectivity index (χ1v) is 8.15. The highest BCUT2D eigenvalue weighted by Crippen LogP contribution is 2.17. The van der Waals surface area contributed by atoms with Crippen LogP contribution in [0.2, 0.25) is 0 Å². The van der Waals surface area contributed by atoms with Crippen LogP contribution < -0.4 is 15.4 Å². The van der Waals surface area contributed by atoms with Gasteiger partial charge >= 0.3 is 0 Å². The number of hydrogen-bond acceptors (Lipinski definition) is 5. The smallest absolute Gasteiger partial charge is 0.270 e. The van der Waals surface area contributed by atoms with Gasteiger partial charge in [0.15, 0.2) is 0 Å². The minimum absolute atomic E-state index is 0.0348. The van der Waals surface area contributed by atoms with Crippen LogP contribution in [-0.2, 0) is 9.59 Å². The topological polar surface area (TPSA) is 111 Å². The van der Waals surface area contributed by atoms with Crippen LogP contribution >= 0.6 is 0 Å². The van der Waals surface area contributed by atoms with Crippen LogP contribution in [-0.4, -0.2) is 29.9 Å². The number of hydrogen-bond donors (Lipinski definition) is 2. The first kappa shape index (κ1) is 19.6. The van der Waals surface area contributed by atoms with E-state index in [4.69, 9.17) is 4.74 Å². The Morgan fingerprint density at radius 3 is 2.70 bits per heavy atom. The molecule has 0 unspecified atom stereocenters. The van der Waals surface area contributed by atoms with E-state index in [0.717, 1.165) is 0 Å². The van der Waals surface area contributed by atoms with Crippen molar-refractivity contribution < 1.29 is 19.2 Å². The molecule has 0 aromatic heterocycles. The van der Waals surface area contributed by atoms with E-state index >= 15 is 0 Å². The molecule has 8 heteroatoms. The molecule has 0 heterocycles. The largest absolute Gasteiger partial charge is 0.492 e. The van der Waals surface area contributed by atoms with Crippen molar-refractivity contribution in [1.82, 2.24) is 5.32 Å². The van der Waals surface area contributed by atoms with Crippen LogP contribution in [0.4, 0.5) is 11.4 Å². The number of anilines is 1. The van der Waals surface area contributed by atoms with E-state index in [1.165, 1.54) is 31.2 Å². The summed E-state index contributed by atoms with van der Waals surface area (Å²) in [5, 5.41) is 16.0. The van der Waals surface area contributed by atoms with Crippen molar-refractivity contribution in [3.63, 3.8) is 0 Å². The number of carbonyl (C=O) groups excluding carboxylic acids is 2. The second-order valence-corrected chi connectivity index (χ2v) is 5.53. The number of nitrogens with one attached hydrogen (secondary N) is 2. The van der Waals surface area contributed by atoms with Crippen LogP contribution in [0.15, 0.2) is 54.6 Å². The van der Waals surface area contributed by atoms with Gasteiger partial charge in [-0.3, -0.25) is 19.7 Å². The Hall–Kier alpha value is -3.68. The van der Waals surface area contributed by atoms with Crippen LogP contribution in [0, 0.1) is 10.1 Å². The van der Waals surface area contributed by atoms with Gasteiger partial charge in [-0.05, 0) is 23.8 Å². The van der Waals surface area contributed by atoms with Crippen molar-refractivity contribution in [2.75, 3.05) is 18.5 Å². The number of benzene rings is 2. The fourth-order valence-electron chi connectivity index (χ4n) is 2.18. The number of amides is 2. The van der Waals surface area contributed by atoms with Gasteiger partial charge in [-0.25, -0.2) is 0 Å². The predicted octanol–water partition coefficient (Wildman–Crippen LogP) is 2.76. The highest BCUT2D eigenvalue weighted by Gasteiger charge is 2.04. The number of nitro benzene ring substituents is 1. The Bertz CT molecular complexity index is 864. The molecular weight excluding hydrogens is 350 g/mol. The number of nitro groups is 1. The Morgan fingerprint density at radius 1 is 1.19 bits per heavy atom. The summed E-state index contributed by atoms with van der Waals surface area (Å²) in [7, 11) is 0. The predicted molar refractivity (Wildman–Crippen MR) is 101 cm³/mol. The van der Waals surface area contributed by atoms with Crippen molar-refractivity contribution in [3.05, 3.63) is 70.3 Å². The van der Waals surface area contributed by atoms with Crippen molar-refractivity contribution in [3.8, 4) is 5.75 Å². The molecule has 2 rings (SSSR count). The second kappa shape index (κ2) is 9.71. The molecule has 0 radical (unpaired) electrons. The van der Waals surface area contributed by atoms with Gasteiger partial charge in [0.05, 0.1) is 11.5 Å². The highest BCUT2D eigenvalue weighted by atomic mass is 16.6. The Labute approximate surface area is 156 Å². The first-order valence-electron chi connectivity index (χ1n) is 8.15. The molecule has 2 N–H and O–H groups in total. The summed E-state index contributed by atoms with van der Waals surface area (Å²) in [4.78, 5) is 33.1. The molecule has 2 aromatic rings. The molecule has 0 spiro atoms. The summed E-state index contributed by atoms with van der Waals surface area (Å²) in [6.45, 7) is 1.95. The first-order chi connectivity index (χ1) is 12.9. The van der Waals surface area contributed by atoms with Gasteiger partial charge < -0.3 is 15.4 Å². The summed E-state index contributed by atoms with van der Waals surface area (Å²) in [5.74, 6) is 0.0645. The molecule has 0 saturated heterocycles. The van der Waals surface area contributed by atoms with Crippen molar-refractivity contribution >= 4 is 29.3 Å².